The number of sulfonamides is 1. The lowest BCUT2D eigenvalue weighted by Gasteiger charge is -2.06. The summed E-state index contributed by atoms with van der Waals surface area (Å²) in [5, 5.41) is 6.94. The molecule has 3 aromatic heterocycles. The molecule has 7 nitrogen and oxygen atoms in total. The summed E-state index contributed by atoms with van der Waals surface area (Å²) in [6.07, 6.45) is 5.02. The quantitative estimate of drug-likeness (QED) is 0.589. The number of anilines is 1. The fraction of sp³-hybridized carbons (Fsp3) is 0. The highest BCUT2D eigenvalue weighted by Crippen LogP contribution is 2.26. The van der Waals surface area contributed by atoms with Gasteiger partial charge in [0.15, 0.2) is 5.65 Å². The van der Waals surface area contributed by atoms with Crippen LogP contribution in [0.25, 0.3) is 22.2 Å². The molecule has 0 saturated carbocycles. The van der Waals surface area contributed by atoms with Crippen LogP contribution in [0.2, 0.25) is 0 Å². The number of nitrogens with zero attached hydrogens (tertiary/aromatic N) is 3. The first-order valence-corrected chi connectivity index (χ1v) is 8.94. The second-order valence-electron chi connectivity index (χ2n) is 5.36. The maximum Gasteiger partial charge on any atom is 0.281 e. The molecule has 4 aromatic rings. The van der Waals surface area contributed by atoms with Gasteiger partial charge in [-0.3, -0.25) is 14.8 Å². The topological polar surface area (TPSA) is 101 Å². The third-order valence-corrected chi connectivity index (χ3v) is 4.98. The maximum atomic E-state index is 12.7. The lowest BCUT2D eigenvalue weighted by molar-refractivity contribution is 0.598. The van der Waals surface area contributed by atoms with E-state index in [4.69, 9.17) is 0 Å². The fourth-order valence-corrected chi connectivity index (χ4v) is 3.64. The highest BCUT2D eigenvalue weighted by atomic mass is 32.2. The van der Waals surface area contributed by atoms with E-state index < -0.39 is 10.0 Å². The Morgan fingerprint density at radius 1 is 0.960 bits per heavy atom. The van der Waals surface area contributed by atoms with Crippen molar-refractivity contribution >= 4 is 26.7 Å². The summed E-state index contributed by atoms with van der Waals surface area (Å²) in [6, 6.07) is 14.1. The van der Waals surface area contributed by atoms with E-state index in [1.807, 2.05) is 18.2 Å². The minimum Gasteiger partial charge on any atom is -0.278 e. The molecule has 0 bridgehead atoms. The van der Waals surface area contributed by atoms with Crippen LogP contribution in [0.1, 0.15) is 0 Å². The van der Waals surface area contributed by atoms with Gasteiger partial charge in [-0.2, -0.15) is 13.5 Å². The molecule has 0 spiro atoms. The van der Waals surface area contributed by atoms with Crippen molar-refractivity contribution in [1.29, 1.82) is 0 Å². The molecule has 0 saturated heterocycles. The molecule has 0 aliphatic rings. The highest BCUT2D eigenvalue weighted by Gasteiger charge is 2.22. The molecule has 2 N–H and O–H groups in total. The Morgan fingerprint density at radius 2 is 1.80 bits per heavy atom. The van der Waals surface area contributed by atoms with Crippen molar-refractivity contribution in [3.63, 3.8) is 0 Å². The van der Waals surface area contributed by atoms with Crippen LogP contribution >= 0.6 is 0 Å². The number of hydrogen-bond donors (Lipinski definition) is 2. The lowest BCUT2D eigenvalue weighted by Crippen LogP contribution is -2.13. The van der Waals surface area contributed by atoms with Crippen molar-refractivity contribution in [2.75, 3.05) is 4.72 Å². The summed E-state index contributed by atoms with van der Waals surface area (Å²) in [7, 11) is -3.84. The van der Waals surface area contributed by atoms with Gasteiger partial charge >= 0.3 is 0 Å². The van der Waals surface area contributed by atoms with Crippen LogP contribution in [-0.4, -0.2) is 28.6 Å². The molecule has 0 atom stereocenters. The second-order valence-corrected chi connectivity index (χ2v) is 6.96. The standard InChI is InChI=1S/C17H13N5O2S/c23-25(24,22-14-6-2-1-3-7-14)17-15-9-13(11-19-16(15)20-21-17)12-5-4-8-18-10-12/h1-11,22H,(H,19,20,21). The van der Waals surface area contributed by atoms with E-state index in [-0.39, 0.29) is 5.03 Å². The first-order valence-electron chi connectivity index (χ1n) is 7.46. The molecule has 8 heteroatoms. The fourth-order valence-electron chi connectivity index (χ4n) is 2.49. The smallest absolute Gasteiger partial charge is 0.278 e. The predicted octanol–water partition coefficient (Wildman–Crippen LogP) is 2.82. The van der Waals surface area contributed by atoms with Crippen molar-refractivity contribution in [2.24, 2.45) is 0 Å². The summed E-state index contributed by atoms with van der Waals surface area (Å²) in [5.74, 6) is 0. The molecule has 4 rings (SSSR count). The Kier molecular flexibility index (Phi) is 3.66. The zero-order valence-corrected chi connectivity index (χ0v) is 13.7. The number of hydrogen-bond acceptors (Lipinski definition) is 5. The molecule has 124 valence electrons. The van der Waals surface area contributed by atoms with Crippen LogP contribution in [0, 0.1) is 0 Å². The van der Waals surface area contributed by atoms with E-state index in [0.717, 1.165) is 11.1 Å². The Hall–Kier alpha value is -3.26. The molecule has 25 heavy (non-hydrogen) atoms. The molecule has 0 fully saturated rings. The molecule has 3 heterocycles. The van der Waals surface area contributed by atoms with Gasteiger partial charge in [-0.15, -0.1) is 0 Å². The first-order chi connectivity index (χ1) is 12.1. The number of para-hydroxylation sites is 1. The van der Waals surface area contributed by atoms with E-state index >= 15 is 0 Å². The maximum absolute atomic E-state index is 12.7. The third-order valence-electron chi connectivity index (χ3n) is 3.66. The van der Waals surface area contributed by atoms with Crippen LogP contribution in [0.4, 0.5) is 5.69 Å². The minimum absolute atomic E-state index is 0.0930. The molecule has 0 radical (unpaired) electrons. The summed E-state index contributed by atoms with van der Waals surface area (Å²) in [6.45, 7) is 0. The molecule has 0 aliphatic heterocycles. The largest absolute Gasteiger partial charge is 0.281 e. The van der Waals surface area contributed by atoms with Gasteiger partial charge in [-0.25, -0.2) is 4.98 Å². The number of rotatable bonds is 4. The van der Waals surface area contributed by atoms with E-state index in [0.29, 0.717) is 16.7 Å². The zero-order valence-electron chi connectivity index (χ0n) is 12.9. The average Bonchev–Trinajstić information content (AvgIpc) is 3.07. The van der Waals surface area contributed by atoms with Crippen molar-refractivity contribution in [3.8, 4) is 11.1 Å². The molecule has 0 unspecified atom stereocenters. The SMILES string of the molecule is O=S(=O)(Nc1ccccc1)c1n[nH]c2ncc(-c3cccnc3)cc12. The van der Waals surface area contributed by atoms with Crippen molar-refractivity contribution in [3.05, 3.63) is 67.1 Å². The molecular formula is C17H13N5O2S. The van der Waals surface area contributed by atoms with Gasteiger partial charge in [-0.1, -0.05) is 24.3 Å². The molecule has 0 aliphatic carbocycles. The monoisotopic (exact) mass is 351 g/mol. The van der Waals surface area contributed by atoms with Crippen molar-refractivity contribution < 1.29 is 8.42 Å². The van der Waals surface area contributed by atoms with Gasteiger partial charge in [0, 0.05) is 35.4 Å². The van der Waals surface area contributed by atoms with E-state index in [1.165, 1.54) is 0 Å². The van der Waals surface area contributed by atoms with Gasteiger partial charge in [-0.05, 0) is 24.3 Å². The van der Waals surface area contributed by atoms with E-state index in [2.05, 4.69) is 24.9 Å². The Morgan fingerprint density at radius 3 is 2.56 bits per heavy atom. The second kappa shape index (κ2) is 5.99. The minimum atomic E-state index is -3.84. The molecular weight excluding hydrogens is 338 g/mol. The molecule has 0 amide bonds. The predicted molar refractivity (Wildman–Crippen MR) is 94.4 cm³/mol. The number of aromatic nitrogens is 4. The van der Waals surface area contributed by atoms with Gasteiger partial charge < -0.3 is 0 Å². The number of aromatic amines is 1. The van der Waals surface area contributed by atoms with Crippen molar-refractivity contribution in [2.45, 2.75) is 5.03 Å². The summed E-state index contributed by atoms with van der Waals surface area (Å²) in [4.78, 5) is 8.33. The normalized spacial score (nSPS) is 11.5. The van der Waals surface area contributed by atoms with Gasteiger partial charge in [0.25, 0.3) is 10.0 Å². The van der Waals surface area contributed by atoms with Crippen molar-refractivity contribution in [1.82, 2.24) is 20.2 Å². The summed E-state index contributed by atoms with van der Waals surface area (Å²) in [5.41, 5.74) is 2.48. The molecule has 1 aromatic carbocycles. The van der Waals surface area contributed by atoms with Crippen LogP contribution in [0.15, 0.2) is 72.1 Å². The van der Waals surface area contributed by atoms with Gasteiger partial charge in [0.05, 0.1) is 5.39 Å². The van der Waals surface area contributed by atoms with Crippen LogP contribution < -0.4 is 4.72 Å². The number of pyridine rings is 2. The average molecular weight is 351 g/mol. The number of benzene rings is 1. The lowest BCUT2D eigenvalue weighted by atomic mass is 10.1. The zero-order chi connectivity index (χ0) is 17.3. The number of fused-ring (bicyclic) bond motifs is 1. The van der Waals surface area contributed by atoms with Gasteiger partial charge in [0.2, 0.25) is 5.03 Å². The highest BCUT2D eigenvalue weighted by molar-refractivity contribution is 7.92. The summed E-state index contributed by atoms with van der Waals surface area (Å²) >= 11 is 0. The Balaban J connectivity index is 1.80. The first kappa shape index (κ1) is 15.3. The van der Waals surface area contributed by atoms with E-state index in [9.17, 15) is 8.42 Å². The Labute approximate surface area is 143 Å². The third kappa shape index (κ3) is 2.94. The van der Waals surface area contributed by atoms with Gasteiger partial charge in [0.1, 0.15) is 0 Å². The number of nitrogens with one attached hydrogen (secondary N) is 2. The number of H-pyrrole nitrogens is 1. The summed E-state index contributed by atoms with van der Waals surface area (Å²) < 4.78 is 27.9. The van der Waals surface area contributed by atoms with Crippen LogP contribution in [0.5, 0.6) is 0 Å². The Bertz CT molecular complexity index is 1130. The van der Waals surface area contributed by atoms with Crippen LogP contribution in [0.3, 0.4) is 0 Å². The van der Waals surface area contributed by atoms with Crippen LogP contribution in [-0.2, 0) is 10.0 Å². The van der Waals surface area contributed by atoms with E-state index in [1.54, 1.807) is 48.9 Å².